The molecule has 0 radical (unpaired) electrons. The summed E-state index contributed by atoms with van der Waals surface area (Å²) >= 11 is 0. The summed E-state index contributed by atoms with van der Waals surface area (Å²) in [6.45, 7) is 0. The second kappa shape index (κ2) is 7.20. The topological polar surface area (TPSA) is 81.4 Å². The molecule has 128 valence electrons. The van der Waals surface area contributed by atoms with Crippen LogP contribution in [0.2, 0.25) is 0 Å². The lowest BCUT2D eigenvalue weighted by Gasteiger charge is -2.33. The van der Waals surface area contributed by atoms with Gasteiger partial charge in [0.15, 0.2) is 0 Å². The van der Waals surface area contributed by atoms with Gasteiger partial charge in [-0.15, -0.1) is 0 Å². The Hall–Kier alpha value is -1.11. The smallest absolute Gasteiger partial charge is 0.240 e. The lowest BCUT2D eigenvalue weighted by Crippen LogP contribution is -2.47. The van der Waals surface area contributed by atoms with Crippen molar-refractivity contribution in [3.63, 3.8) is 0 Å². The number of ether oxygens (including phenoxy) is 1. The van der Waals surface area contributed by atoms with Gasteiger partial charge in [-0.05, 0) is 49.9 Å². The van der Waals surface area contributed by atoms with Gasteiger partial charge >= 0.3 is 0 Å². The van der Waals surface area contributed by atoms with Gasteiger partial charge in [0.1, 0.15) is 0 Å². The van der Waals surface area contributed by atoms with E-state index in [1.165, 1.54) is 12.8 Å². The molecule has 2 saturated carbocycles. The quantitative estimate of drug-likeness (QED) is 0.809. The first-order chi connectivity index (χ1) is 11.0. The van der Waals surface area contributed by atoms with E-state index in [1.54, 1.807) is 24.3 Å². The van der Waals surface area contributed by atoms with E-state index in [9.17, 15) is 8.42 Å². The highest BCUT2D eigenvalue weighted by Crippen LogP contribution is 2.29. The van der Waals surface area contributed by atoms with Crippen LogP contribution in [0.5, 0.6) is 0 Å². The average molecular weight is 338 g/mol. The van der Waals surface area contributed by atoms with Crippen LogP contribution >= 0.6 is 0 Å². The number of hydrogen-bond acceptors (Lipinski definition) is 4. The molecule has 2 fully saturated rings. The summed E-state index contributed by atoms with van der Waals surface area (Å²) in [5.74, 6) is 0. The lowest BCUT2D eigenvalue weighted by molar-refractivity contribution is -0.0391. The first-order valence-electron chi connectivity index (χ1n) is 8.58. The third kappa shape index (κ3) is 4.25. The van der Waals surface area contributed by atoms with Crippen molar-refractivity contribution in [2.75, 3.05) is 5.73 Å². The Bertz CT molecular complexity index is 609. The minimum absolute atomic E-state index is 0.00425. The Balaban J connectivity index is 1.69. The molecule has 0 amide bonds. The normalized spacial score (nSPS) is 26.4. The van der Waals surface area contributed by atoms with Crippen LogP contribution in [-0.2, 0) is 14.8 Å². The van der Waals surface area contributed by atoms with Gasteiger partial charge in [-0.3, -0.25) is 0 Å². The first-order valence-corrected chi connectivity index (χ1v) is 10.1. The predicted octanol–water partition coefficient (Wildman–Crippen LogP) is 2.82. The van der Waals surface area contributed by atoms with Gasteiger partial charge < -0.3 is 10.5 Å². The van der Waals surface area contributed by atoms with E-state index in [2.05, 4.69) is 4.72 Å². The zero-order valence-corrected chi connectivity index (χ0v) is 14.2. The van der Waals surface area contributed by atoms with Crippen LogP contribution in [0, 0.1) is 0 Å². The Labute approximate surface area is 138 Å². The van der Waals surface area contributed by atoms with Gasteiger partial charge in [0.2, 0.25) is 10.0 Å². The van der Waals surface area contributed by atoms with Gasteiger partial charge in [0.05, 0.1) is 17.1 Å². The second-order valence-corrected chi connectivity index (χ2v) is 8.38. The third-order valence-electron chi connectivity index (χ3n) is 4.87. The van der Waals surface area contributed by atoms with Gasteiger partial charge in [0, 0.05) is 11.7 Å². The number of rotatable bonds is 5. The fourth-order valence-corrected chi connectivity index (χ4v) is 4.88. The molecule has 0 saturated heterocycles. The van der Waals surface area contributed by atoms with Crippen LogP contribution < -0.4 is 10.5 Å². The highest BCUT2D eigenvalue weighted by atomic mass is 32.2. The lowest BCUT2D eigenvalue weighted by atomic mass is 9.93. The zero-order valence-electron chi connectivity index (χ0n) is 13.4. The highest BCUT2D eigenvalue weighted by Gasteiger charge is 2.32. The molecule has 0 aromatic heterocycles. The summed E-state index contributed by atoms with van der Waals surface area (Å²) in [5, 5.41) is 0. The summed E-state index contributed by atoms with van der Waals surface area (Å²) < 4.78 is 34.3. The zero-order chi connectivity index (χ0) is 16.3. The van der Waals surface area contributed by atoms with E-state index in [-0.39, 0.29) is 17.0 Å². The predicted molar refractivity (Wildman–Crippen MR) is 90.6 cm³/mol. The molecule has 0 heterocycles. The van der Waals surface area contributed by atoms with E-state index in [1.807, 2.05) is 0 Å². The van der Waals surface area contributed by atoms with Crippen molar-refractivity contribution in [3.05, 3.63) is 24.3 Å². The van der Waals surface area contributed by atoms with E-state index in [0.29, 0.717) is 11.8 Å². The molecule has 2 aliphatic rings. The van der Waals surface area contributed by atoms with Crippen molar-refractivity contribution in [3.8, 4) is 0 Å². The van der Waals surface area contributed by atoms with Crippen LogP contribution in [0.4, 0.5) is 5.69 Å². The van der Waals surface area contributed by atoms with E-state index in [0.717, 1.165) is 38.5 Å². The number of anilines is 1. The first kappa shape index (κ1) is 16.7. The molecule has 23 heavy (non-hydrogen) atoms. The molecule has 6 heteroatoms. The van der Waals surface area contributed by atoms with E-state index >= 15 is 0 Å². The number of benzene rings is 1. The fourth-order valence-electron chi connectivity index (χ4n) is 3.58. The van der Waals surface area contributed by atoms with Crippen molar-refractivity contribution in [2.24, 2.45) is 0 Å². The van der Waals surface area contributed by atoms with Gasteiger partial charge in [-0.2, -0.15) is 0 Å². The minimum atomic E-state index is -3.53. The second-order valence-electron chi connectivity index (χ2n) is 6.66. The van der Waals surface area contributed by atoms with E-state index < -0.39 is 10.0 Å². The Morgan fingerprint density at radius 3 is 2.26 bits per heavy atom. The maximum atomic E-state index is 12.6. The van der Waals surface area contributed by atoms with Crippen molar-refractivity contribution < 1.29 is 13.2 Å². The Kier molecular flexibility index (Phi) is 5.24. The third-order valence-corrected chi connectivity index (χ3v) is 6.37. The molecule has 2 atom stereocenters. The SMILES string of the molecule is Nc1ccc(S(=O)(=O)N[C@H]2CCCC[C@H]2OC2CCCC2)cc1. The van der Waals surface area contributed by atoms with Gasteiger partial charge in [0.25, 0.3) is 0 Å². The molecular formula is C17H26N2O3S. The van der Waals surface area contributed by atoms with Crippen molar-refractivity contribution >= 4 is 15.7 Å². The summed E-state index contributed by atoms with van der Waals surface area (Å²) in [4.78, 5) is 0.261. The number of nitrogens with two attached hydrogens (primary N) is 1. The molecule has 5 nitrogen and oxygen atoms in total. The number of hydrogen-bond donors (Lipinski definition) is 2. The van der Waals surface area contributed by atoms with Crippen molar-refractivity contribution in [2.45, 2.75) is 74.5 Å². The standard InChI is InChI=1S/C17H26N2O3S/c18-13-9-11-15(12-10-13)23(20,21)19-16-7-3-4-8-17(16)22-14-5-1-2-6-14/h9-12,14,16-17,19H,1-8,18H2/t16-,17+/m0/s1. The van der Waals surface area contributed by atoms with Crippen molar-refractivity contribution in [1.82, 2.24) is 4.72 Å². The van der Waals surface area contributed by atoms with Crippen LogP contribution in [0.1, 0.15) is 51.4 Å². The van der Waals surface area contributed by atoms with Crippen LogP contribution in [0.15, 0.2) is 29.2 Å². The van der Waals surface area contributed by atoms with Crippen LogP contribution in [-0.4, -0.2) is 26.7 Å². The maximum Gasteiger partial charge on any atom is 0.240 e. The summed E-state index contributed by atoms with van der Waals surface area (Å²) in [6, 6.07) is 6.19. The number of nitrogens with one attached hydrogen (secondary N) is 1. The number of sulfonamides is 1. The fraction of sp³-hybridized carbons (Fsp3) is 0.647. The minimum Gasteiger partial charge on any atom is -0.399 e. The van der Waals surface area contributed by atoms with Crippen LogP contribution in [0.3, 0.4) is 0 Å². The van der Waals surface area contributed by atoms with E-state index in [4.69, 9.17) is 10.5 Å². The van der Waals surface area contributed by atoms with Gasteiger partial charge in [-0.25, -0.2) is 13.1 Å². The summed E-state index contributed by atoms with van der Waals surface area (Å²) in [5.41, 5.74) is 6.19. The molecule has 0 aliphatic heterocycles. The molecule has 0 spiro atoms. The highest BCUT2D eigenvalue weighted by molar-refractivity contribution is 7.89. The maximum absolute atomic E-state index is 12.6. The molecule has 0 bridgehead atoms. The molecule has 1 aromatic carbocycles. The van der Waals surface area contributed by atoms with Crippen molar-refractivity contribution in [1.29, 1.82) is 0 Å². The number of nitrogen functional groups attached to an aromatic ring is 1. The largest absolute Gasteiger partial charge is 0.399 e. The Morgan fingerprint density at radius 2 is 1.57 bits per heavy atom. The molecule has 3 rings (SSSR count). The van der Waals surface area contributed by atoms with Crippen LogP contribution in [0.25, 0.3) is 0 Å². The summed E-state index contributed by atoms with van der Waals surface area (Å²) in [7, 11) is -3.53. The molecule has 0 unspecified atom stereocenters. The molecule has 1 aromatic rings. The summed E-state index contributed by atoms with van der Waals surface area (Å²) in [6.07, 6.45) is 8.88. The Morgan fingerprint density at radius 1 is 0.957 bits per heavy atom. The molecular weight excluding hydrogens is 312 g/mol. The molecule has 2 aliphatic carbocycles. The average Bonchev–Trinajstić information content (AvgIpc) is 3.02. The molecule has 3 N–H and O–H groups in total. The monoisotopic (exact) mass is 338 g/mol. The van der Waals surface area contributed by atoms with Gasteiger partial charge in [-0.1, -0.05) is 25.7 Å².